The molecule has 2 heteroatoms. The highest BCUT2D eigenvalue weighted by molar-refractivity contribution is 5.73. The zero-order chi connectivity index (χ0) is 12.8. The van der Waals surface area contributed by atoms with Crippen molar-refractivity contribution in [3.8, 4) is 6.07 Å². The van der Waals surface area contributed by atoms with Gasteiger partial charge in [0.25, 0.3) is 0 Å². The molecule has 2 aliphatic carbocycles. The van der Waals surface area contributed by atoms with Crippen LogP contribution in [0.15, 0.2) is 30.3 Å². The van der Waals surface area contributed by atoms with E-state index in [0.717, 1.165) is 12.0 Å². The van der Waals surface area contributed by atoms with Gasteiger partial charge in [0.2, 0.25) is 0 Å². The third kappa shape index (κ3) is 1.26. The Bertz CT molecular complexity index is 554. The molecule has 0 bridgehead atoms. The van der Waals surface area contributed by atoms with Gasteiger partial charge in [0.1, 0.15) is 5.41 Å². The van der Waals surface area contributed by atoms with E-state index in [1.165, 1.54) is 11.1 Å². The van der Waals surface area contributed by atoms with Crippen LogP contribution in [0.25, 0.3) is 5.57 Å². The van der Waals surface area contributed by atoms with Gasteiger partial charge >= 0.3 is 0 Å². The summed E-state index contributed by atoms with van der Waals surface area (Å²) in [4.78, 5) is 0. The van der Waals surface area contributed by atoms with Gasteiger partial charge in [-0.15, -0.1) is 0 Å². The molecule has 1 fully saturated rings. The molecule has 1 aromatic rings. The van der Waals surface area contributed by atoms with Crippen molar-refractivity contribution in [1.29, 1.82) is 5.26 Å². The molecule has 18 heavy (non-hydrogen) atoms. The SMILES string of the molecule is CCO[C@H]1C[C@@H]2C=C(C)c3ccccc3[C@]12C#N. The summed E-state index contributed by atoms with van der Waals surface area (Å²) in [6.07, 6.45) is 3.26. The summed E-state index contributed by atoms with van der Waals surface area (Å²) < 4.78 is 5.78. The van der Waals surface area contributed by atoms with Crippen LogP contribution >= 0.6 is 0 Å². The molecule has 0 N–H and O–H groups in total. The Morgan fingerprint density at radius 3 is 2.94 bits per heavy atom. The maximum atomic E-state index is 9.74. The number of hydrogen-bond donors (Lipinski definition) is 0. The van der Waals surface area contributed by atoms with Crippen LogP contribution in [-0.4, -0.2) is 12.7 Å². The van der Waals surface area contributed by atoms with Gasteiger partial charge < -0.3 is 4.74 Å². The van der Waals surface area contributed by atoms with Gasteiger partial charge in [-0.25, -0.2) is 0 Å². The molecule has 92 valence electrons. The molecule has 0 spiro atoms. The predicted molar refractivity (Wildman–Crippen MR) is 70.9 cm³/mol. The van der Waals surface area contributed by atoms with Crippen LogP contribution in [0.1, 0.15) is 31.4 Å². The summed E-state index contributed by atoms with van der Waals surface area (Å²) in [6.45, 7) is 4.80. The molecule has 0 aromatic heterocycles. The first-order valence-corrected chi connectivity index (χ1v) is 6.55. The molecule has 1 aromatic carbocycles. The topological polar surface area (TPSA) is 33.0 Å². The van der Waals surface area contributed by atoms with E-state index in [0.29, 0.717) is 12.5 Å². The number of allylic oxidation sites excluding steroid dienone is 2. The van der Waals surface area contributed by atoms with E-state index in [9.17, 15) is 5.26 Å². The number of hydrogen-bond acceptors (Lipinski definition) is 2. The van der Waals surface area contributed by atoms with E-state index in [4.69, 9.17) is 4.74 Å². The maximum absolute atomic E-state index is 9.74. The average Bonchev–Trinajstić information content (AvgIpc) is 2.38. The van der Waals surface area contributed by atoms with E-state index < -0.39 is 5.41 Å². The number of nitrogens with zero attached hydrogens (tertiary/aromatic N) is 1. The number of ether oxygens (including phenoxy) is 1. The molecule has 0 radical (unpaired) electrons. The first-order chi connectivity index (χ1) is 8.74. The first kappa shape index (κ1) is 11.5. The second-order valence-corrected chi connectivity index (χ2v) is 5.16. The summed E-state index contributed by atoms with van der Waals surface area (Å²) in [5.41, 5.74) is 3.20. The minimum absolute atomic E-state index is 0.0444. The van der Waals surface area contributed by atoms with Gasteiger partial charge in [-0.3, -0.25) is 0 Å². The van der Waals surface area contributed by atoms with E-state index in [1.807, 2.05) is 19.1 Å². The zero-order valence-corrected chi connectivity index (χ0v) is 10.8. The van der Waals surface area contributed by atoms with E-state index >= 15 is 0 Å². The number of nitriles is 1. The molecule has 3 atom stereocenters. The third-order valence-electron chi connectivity index (χ3n) is 4.36. The molecular formula is C16H17NO. The Morgan fingerprint density at radius 2 is 2.22 bits per heavy atom. The zero-order valence-electron chi connectivity index (χ0n) is 10.8. The van der Waals surface area contributed by atoms with E-state index in [2.05, 4.69) is 31.2 Å². The van der Waals surface area contributed by atoms with Crippen LogP contribution in [0.5, 0.6) is 0 Å². The number of fused-ring (bicyclic) bond motifs is 3. The lowest BCUT2D eigenvalue weighted by Gasteiger charge is -2.53. The lowest BCUT2D eigenvalue weighted by molar-refractivity contribution is -0.0666. The van der Waals surface area contributed by atoms with Crippen LogP contribution in [0.2, 0.25) is 0 Å². The minimum atomic E-state index is -0.452. The normalized spacial score (nSPS) is 32.6. The van der Waals surface area contributed by atoms with Crippen molar-refractivity contribution in [2.75, 3.05) is 6.61 Å². The molecule has 0 amide bonds. The summed E-state index contributed by atoms with van der Waals surface area (Å²) in [5.74, 6) is 0.314. The maximum Gasteiger partial charge on any atom is 0.115 e. The van der Waals surface area contributed by atoms with Gasteiger partial charge in [-0.2, -0.15) is 5.26 Å². The van der Waals surface area contributed by atoms with Crippen molar-refractivity contribution in [2.45, 2.75) is 31.8 Å². The molecular weight excluding hydrogens is 222 g/mol. The lowest BCUT2D eigenvalue weighted by Crippen LogP contribution is -2.58. The largest absolute Gasteiger partial charge is 0.376 e. The Labute approximate surface area is 108 Å². The van der Waals surface area contributed by atoms with Crippen LogP contribution in [-0.2, 0) is 10.2 Å². The van der Waals surface area contributed by atoms with Crippen molar-refractivity contribution >= 4 is 5.57 Å². The molecule has 0 aliphatic heterocycles. The van der Waals surface area contributed by atoms with Crippen molar-refractivity contribution in [3.05, 3.63) is 41.5 Å². The van der Waals surface area contributed by atoms with Gasteiger partial charge in [-0.05, 0) is 37.0 Å². The van der Waals surface area contributed by atoms with Crippen LogP contribution < -0.4 is 0 Å². The number of rotatable bonds is 2. The first-order valence-electron chi connectivity index (χ1n) is 6.55. The second-order valence-electron chi connectivity index (χ2n) is 5.16. The molecule has 3 rings (SSSR count). The monoisotopic (exact) mass is 239 g/mol. The average molecular weight is 239 g/mol. The third-order valence-corrected chi connectivity index (χ3v) is 4.36. The molecule has 1 saturated carbocycles. The van der Waals surface area contributed by atoms with E-state index in [-0.39, 0.29) is 6.10 Å². The highest BCUT2D eigenvalue weighted by atomic mass is 16.5. The predicted octanol–water partition coefficient (Wildman–Crippen LogP) is 3.29. The number of benzene rings is 1. The molecule has 0 saturated heterocycles. The Hall–Kier alpha value is -1.59. The summed E-state index contributed by atoms with van der Waals surface area (Å²) in [7, 11) is 0. The highest BCUT2D eigenvalue weighted by Gasteiger charge is 2.58. The molecule has 2 aliphatic rings. The molecule has 0 unspecified atom stereocenters. The van der Waals surface area contributed by atoms with Crippen molar-refractivity contribution < 1.29 is 4.74 Å². The minimum Gasteiger partial charge on any atom is -0.376 e. The summed E-state index contributed by atoms with van der Waals surface area (Å²) in [6, 6.07) is 10.8. The fourth-order valence-corrected chi connectivity index (χ4v) is 3.45. The smallest absolute Gasteiger partial charge is 0.115 e. The molecule has 2 nitrogen and oxygen atoms in total. The molecule has 0 heterocycles. The van der Waals surface area contributed by atoms with Crippen molar-refractivity contribution in [1.82, 2.24) is 0 Å². The van der Waals surface area contributed by atoms with Gasteiger partial charge in [0.15, 0.2) is 0 Å². The van der Waals surface area contributed by atoms with Gasteiger partial charge in [-0.1, -0.05) is 30.3 Å². The Kier molecular flexibility index (Phi) is 2.53. The van der Waals surface area contributed by atoms with E-state index in [1.54, 1.807) is 0 Å². The lowest BCUT2D eigenvalue weighted by atomic mass is 9.52. The Morgan fingerprint density at radius 1 is 1.44 bits per heavy atom. The van der Waals surface area contributed by atoms with Crippen LogP contribution in [0.4, 0.5) is 0 Å². The highest BCUT2D eigenvalue weighted by Crippen LogP contribution is 2.55. The van der Waals surface area contributed by atoms with Crippen molar-refractivity contribution in [2.24, 2.45) is 5.92 Å². The van der Waals surface area contributed by atoms with Crippen LogP contribution in [0, 0.1) is 17.2 Å². The fraction of sp³-hybridized carbons (Fsp3) is 0.438. The second kappa shape index (κ2) is 3.96. The van der Waals surface area contributed by atoms with Gasteiger partial charge in [0.05, 0.1) is 12.2 Å². The van der Waals surface area contributed by atoms with Crippen LogP contribution in [0.3, 0.4) is 0 Å². The fourth-order valence-electron chi connectivity index (χ4n) is 3.45. The Balaban J connectivity index is 2.15. The van der Waals surface area contributed by atoms with Crippen molar-refractivity contribution in [3.63, 3.8) is 0 Å². The van der Waals surface area contributed by atoms with Gasteiger partial charge in [0, 0.05) is 12.5 Å². The summed E-state index contributed by atoms with van der Waals surface area (Å²) in [5, 5.41) is 9.74. The standard InChI is InChI=1S/C16H17NO/c1-3-18-15-9-12-8-11(2)13-6-4-5-7-14(13)16(12,15)10-17/h4-8,12,15H,3,9H2,1-2H3/t12-,15-,16+/m0/s1. The summed E-state index contributed by atoms with van der Waals surface area (Å²) >= 11 is 0. The quantitative estimate of drug-likeness (QED) is 0.793.